The Hall–Kier alpha value is -2.08. The van der Waals surface area contributed by atoms with E-state index >= 15 is 0 Å². The monoisotopic (exact) mass is 401 g/mol. The summed E-state index contributed by atoms with van der Waals surface area (Å²) in [6.45, 7) is 14.2. The third-order valence-corrected chi connectivity index (χ3v) is 5.77. The topological polar surface area (TPSA) is 64.0 Å². The van der Waals surface area contributed by atoms with Crippen LogP contribution in [0.4, 0.5) is 0 Å². The molecule has 0 saturated carbocycles. The summed E-state index contributed by atoms with van der Waals surface area (Å²) in [5.74, 6) is 0.199. The van der Waals surface area contributed by atoms with Crippen LogP contribution in [-0.2, 0) is 23.2 Å². The number of amides is 1. The number of hydrogen-bond donors (Lipinski definition) is 1. The molecule has 2 aromatic rings. The molecule has 0 spiro atoms. The fourth-order valence-electron chi connectivity index (χ4n) is 3.10. The second-order valence-electron chi connectivity index (χ2n) is 8.06. The maximum atomic E-state index is 12.2. The molecule has 6 heteroatoms. The molecule has 1 aromatic heterocycles. The van der Waals surface area contributed by atoms with Crippen molar-refractivity contribution >= 4 is 17.7 Å². The number of benzene rings is 1. The van der Waals surface area contributed by atoms with Crippen LogP contribution in [0.2, 0.25) is 0 Å². The number of aryl methyl sites for hydroxylation is 3. The number of nitrogens with zero attached hydrogens (tertiary/aromatic N) is 2. The van der Waals surface area contributed by atoms with Crippen molar-refractivity contribution in [1.29, 1.82) is 0 Å². The largest absolute Gasteiger partial charge is 0.355 e. The van der Waals surface area contributed by atoms with Crippen LogP contribution in [-0.4, -0.2) is 27.8 Å². The first kappa shape index (κ1) is 22.2. The van der Waals surface area contributed by atoms with E-state index in [9.17, 15) is 9.59 Å². The lowest BCUT2D eigenvalue weighted by molar-refractivity contribution is -0.118. The highest BCUT2D eigenvalue weighted by atomic mass is 32.2. The molecule has 0 saturated heterocycles. The SMILES string of the molecule is CCn1ccc(=O)nc1SCC(=O)NCCc1c(C)cc(C(C)(C)C)cc1C. The zero-order valence-electron chi connectivity index (χ0n) is 17.8. The number of thioether (sulfide) groups is 1. The van der Waals surface area contributed by atoms with E-state index < -0.39 is 0 Å². The van der Waals surface area contributed by atoms with Crippen molar-refractivity contribution < 1.29 is 4.79 Å². The van der Waals surface area contributed by atoms with E-state index in [4.69, 9.17) is 0 Å². The third kappa shape index (κ3) is 5.96. The van der Waals surface area contributed by atoms with Crippen LogP contribution in [0.5, 0.6) is 0 Å². The molecule has 0 fully saturated rings. The lowest BCUT2D eigenvalue weighted by atomic mass is 9.83. The van der Waals surface area contributed by atoms with Gasteiger partial charge in [0.1, 0.15) is 0 Å². The molecule has 1 N–H and O–H groups in total. The van der Waals surface area contributed by atoms with Gasteiger partial charge in [0.15, 0.2) is 5.16 Å². The predicted molar refractivity (Wildman–Crippen MR) is 116 cm³/mol. The highest BCUT2D eigenvalue weighted by molar-refractivity contribution is 7.99. The van der Waals surface area contributed by atoms with Gasteiger partial charge in [0.25, 0.3) is 5.56 Å². The molecule has 152 valence electrons. The van der Waals surface area contributed by atoms with Gasteiger partial charge in [-0.3, -0.25) is 9.59 Å². The standard InChI is InChI=1S/C22H31N3O2S/c1-7-25-11-9-19(26)24-21(25)28-14-20(27)23-10-8-18-15(2)12-17(13-16(18)3)22(4,5)6/h9,11-13H,7-8,10,14H2,1-6H3,(H,23,27). The van der Waals surface area contributed by atoms with Gasteiger partial charge < -0.3 is 9.88 Å². The first-order valence-corrected chi connectivity index (χ1v) is 10.7. The van der Waals surface area contributed by atoms with Gasteiger partial charge in [-0.15, -0.1) is 0 Å². The first-order chi connectivity index (χ1) is 13.1. The molecular formula is C22H31N3O2S. The third-order valence-electron chi connectivity index (χ3n) is 4.78. The Balaban J connectivity index is 1.91. The number of rotatable bonds is 7. The Morgan fingerprint density at radius 2 is 1.86 bits per heavy atom. The highest BCUT2D eigenvalue weighted by Gasteiger charge is 2.16. The lowest BCUT2D eigenvalue weighted by Crippen LogP contribution is -2.28. The average molecular weight is 402 g/mol. The molecule has 1 heterocycles. The molecule has 0 aliphatic carbocycles. The number of carbonyl (C=O) groups excluding carboxylic acids is 1. The molecule has 0 unspecified atom stereocenters. The van der Waals surface area contributed by atoms with Gasteiger partial charge in [0.05, 0.1) is 5.75 Å². The van der Waals surface area contributed by atoms with Crippen LogP contribution in [0.1, 0.15) is 49.9 Å². The summed E-state index contributed by atoms with van der Waals surface area (Å²) in [5.41, 5.74) is 5.03. The summed E-state index contributed by atoms with van der Waals surface area (Å²) in [6.07, 6.45) is 2.52. The van der Waals surface area contributed by atoms with Crippen molar-refractivity contribution in [3.05, 3.63) is 57.0 Å². The second-order valence-corrected chi connectivity index (χ2v) is 9.00. The van der Waals surface area contributed by atoms with Gasteiger partial charge in [-0.25, -0.2) is 0 Å². The van der Waals surface area contributed by atoms with Crippen molar-refractivity contribution in [1.82, 2.24) is 14.9 Å². The summed E-state index contributed by atoms with van der Waals surface area (Å²) >= 11 is 1.29. The summed E-state index contributed by atoms with van der Waals surface area (Å²) in [4.78, 5) is 27.6. The van der Waals surface area contributed by atoms with Crippen LogP contribution in [0.25, 0.3) is 0 Å². The summed E-state index contributed by atoms with van der Waals surface area (Å²) in [6, 6.07) is 5.94. The van der Waals surface area contributed by atoms with E-state index in [2.05, 4.69) is 57.1 Å². The van der Waals surface area contributed by atoms with E-state index in [1.165, 1.54) is 40.1 Å². The minimum absolute atomic E-state index is 0.0487. The number of carbonyl (C=O) groups is 1. The van der Waals surface area contributed by atoms with E-state index in [0.29, 0.717) is 18.2 Å². The number of hydrogen-bond acceptors (Lipinski definition) is 4. The van der Waals surface area contributed by atoms with Gasteiger partial charge in [-0.1, -0.05) is 44.7 Å². The Kier molecular flexibility index (Phi) is 7.47. The number of nitrogens with one attached hydrogen (secondary N) is 1. The van der Waals surface area contributed by atoms with Crippen molar-refractivity contribution in [2.75, 3.05) is 12.3 Å². The molecular weight excluding hydrogens is 370 g/mol. The van der Waals surface area contributed by atoms with Crippen LogP contribution in [0.15, 0.2) is 34.3 Å². The van der Waals surface area contributed by atoms with E-state index in [-0.39, 0.29) is 22.6 Å². The van der Waals surface area contributed by atoms with Gasteiger partial charge in [-0.05, 0) is 54.9 Å². The molecule has 1 amide bonds. The zero-order valence-corrected chi connectivity index (χ0v) is 18.6. The first-order valence-electron chi connectivity index (χ1n) is 9.69. The quantitative estimate of drug-likeness (QED) is 0.568. The van der Waals surface area contributed by atoms with E-state index in [0.717, 1.165) is 6.42 Å². The normalized spacial score (nSPS) is 11.5. The summed E-state index contributed by atoms with van der Waals surface area (Å²) in [7, 11) is 0. The van der Waals surface area contributed by atoms with Gasteiger partial charge in [0.2, 0.25) is 5.91 Å². The smallest absolute Gasteiger partial charge is 0.273 e. The Bertz CT molecular complexity index is 874. The van der Waals surface area contributed by atoms with Crippen molar-refractivity contribution in [3.8, 4) is 0 Å². The maximum absolute atomic E-state index is 12.2. The zero-order chi connectivity index (χ0) is 20.9. The molecule has 0 radical (unpaired) electrons. The van der Waals surface area contributed by atoms with Gasteiger partial charge >= 0.3 is 0 Å². The van der Waals surface area contributed by atoms with Crippen molar-refractivity contribution in [2.45, 2.75) is 65.1 Å². The molecule has 0 aliphatic heterocycles. The fourth-order valence-corrected chi connectivity index (χ4v) is 3.97. The second kappa shape index (κ2) is 9.41. The Morgan fingerprint density at radius 3 is 2.43 bits per heavy atom. The van der Waals surface area contributed by atoms with Crippen LogP contribution in [0.3, 0.4) is 0 Å². The Labute approximate surface area is 172 Å². The molecule has 0 atom stereocenters. The van der Waals surface area contributed by atoms with Crippen molar-refractivity contribution in [2.24, 2.45) is 0 Å². The fraction of sp³-hybridized carbons (Fsp3) is 0.500. The Morgan fingerprint density at radius 1 is 1.21 bits per heavy atom. The predicted octanol–water partition coefficient (Wildman–Crippen LogP) is 3.63. The molecule has 28 heavy (non-hydrogen) atoms. The molecule has 0 bridgehead atoms. The van der Waals surface area contributed by atoms with Gasteiger partial charge in [0, 0.05) is 25.4 Å². The van der Waals surface area contributed by atoms with Crippen LogP contribution >= 0.6 is 11.8 Å². The average Bonchev–Trinajstić information content (AvgIpc) is 2.61. The summed E-state index contributed by atoms with van der Waals surface area (Å²) < 4.78 is 1.86. The van der Waals surface area contributed by atoms with Crippen LogP contribution < -0.4 is 10.9 Å². The minimum Gasteiger partial charge on any atom is -0.355 e. The van der Waals surface area contributed by atoms with Crippen molar-refractivity contribution in [3.63, 3.8) is 0 Å². The maximum Gasteiger partial charge on any atom is 0.273 e. The molecule has 5 nitrogen and oxygen atoms in total. The number of aromatic nitrogens is 2. The lowest BCUT2D eigenvalue weighted by Gasteiger charge is -2.22. The highest BCUT2D eigenvalue weighted by Crippen LogP contribution is 2.27. The minimum atomic E-state index is -0.280. The summed E-state index contributed by atoms with van der Waals surface area (Å²) in [5, 5.41) is 3.56. The van der Waals surface area contributed by atoms with E-state index in [1.807, 2.05) is 11.5 Å². The van der Waals surface area contributed by atoms with E-state index in [1.54, 1.807) is 6.20 Å². The molecule has 0 aliphatic rings. The molecule has 1 aromatic carbocycles. The molecule has 2 rings (SSSR count). The van der Waals surface area contributed by atoms with Gasteiger partial charge in [-0.2, -0.15) is 4.98 Å². The van der Waals surface area contributed by atoms with Crippen LogP contribution in [0, 0.1) is 13.8 Å².